The molecule has 1 aromatic carbocycles. The van der Waals surface area contributed by atoms with Gasteiger partial charge in [0.05, 0.1) is 6.42 Å². The van der Waals surface area contributed by atoms with E-state index in [1.54, 1.807) is 0 Å². The van der Waals surface area contributed by atoms with Crippen LogP contribution in [0.2, 0.25) is 0 Å². The Morgan fingerprint density at radius 2 is 1.89 bits per heavy atom. The topological polar surface area (TPSA) is 46.3 Å². The zero-order valence-corrected chi connectivity index (χ0v) is 11.5. The maximum Gasteiger partial charge on any atom is 0.226 e. The fourth-order valence-electron chi connectivity index (χ4n) is 1.95. The number of amides is 1. The van der Waals surface area contributed by atoms with E-state index >= 15 is 0 Å². The van der Waals surface area contributed by atoms with Crippen LogP contribution in [0.25, 0.3) is 0 Å². The molecule has 3 nitrogen and oxygen atoms in total. The van der Waals surface area contributed by atoms with Gasteiger partial charge in [0.2, 0.25) is 5.91 Å². The summed E-state index contributed by atoms with van der Waals surface area (Å²) >= 11 is 0. The number of carbonyl (C=O) groups is 1. The SMILES string of the molecule is CCCCCN(C)C(=O)Cc1ccccc1CN. The molecule has 1 amide bonds. The number of likely N-dealkylation sites (N-methyl/N-ethyl adjacent to an activating group) is 1. The van der Waals surface area contributed by atoms with Crippen LogP contribution in [-0.2, 0) is 17.8 Å². The molecule has 0 unspecified atom stereocenters. The minimum atomic E-state index is 0.173. The number of hydrogen-bond acceptors (Lipinski definition) is 2. The smallest absolute Gasteiger partial charge is 0.226 e. The molecule has 18 heavy (non-hydrogen) atoms. The summed E-state index contributed by atoms with van der Waals surface area (Å²) in [6.07, 6.45) is 3.89. The second-order valence-corrected chi connectivity index (χ2v) is 4.67. The van der Waals surface area contributed by atoms with Gasteiger partial charge >= 0.3 is 0 Å². The van der Waals surface area contributed by atoms with Gasteiger partial charge in [-0.25, -0.2) is 0 Å². The van der Waals surface area contributed by atoms with E-state index in [4.69, 9.17) is 5.73 Å². The fraction of sp³-hybridized carbons (Fsp3) is 0.533. The average Bonchev–Trinajstić information content (AvgIpc) is 2.39. The van der Waals surface area contributed by atoms with Crippen molar-refractivity contribution in [3.05, 3.63) is 35.4 Å². The van der Waals surface area contributed by atoms with Gasteiger partial charge in [-0.15, -0.1) is 0 Å². The molecule has 2 N–H and O–H groups in total. The zero-order valence-electron chi connectivity index (χ0n) is 11.5. The lowest BCUT2D eigenvalue weighted by Crippen LogP contribution is -2.29. The molecule has 0 atom stereocenters. The third-order valence-electron chi connectivity index (χ3n) is 3.20. The molecular formula is C15H24N2O. The molecule has 0 aromatic heterocycles. The van der Waals surface area contributed by atoms with Crippen LogP contribution in [-0.4, -0.2) is 24.4 Å². The Morgan fingerprint density at radius 1 is 1.22 bits per heavy atom. The maximum absolute atomic E-state index is 12.1. The number of rotatable bonds is 7. The number of nitrogens with zero attached hydrogens (tertiary/aromatic N) is 1. The van der Waals surface area contributed by atoms with Crippen molar-refractivity contribution in [2.24, 2.45) is 5.73 Å². The Labute approximate surface area is 110 Å². The van der Waals surface area contributed by atoms with E-state index in [9.17, 15) is 4.79 Å². The van der Waals surface area contributed by atoms with E-state index in [0.717, 1.165) is 24.1 Å². The summed E-state index contributed by atoms with van der Waals surface area (Å²) in [6.45, 7) is 3.50. The highest BCUT2D eigenvalue weighted by molar-refractivity contribution is 5.78. The highest BCUT2D eigenvalue weighted by Gasteiger charge is 2.11. The second kappa shape index (κ2) is 7.88. The number of benzene rings is 1. The predicted molar refractivity (Wildman–Crippen MR) is 75.2 cm³/mol. The first kappa shape index (κ1) is 14.7. The molecule has 0 saturated carbocycles. The quantitative estimate of drug-likeness (QED) is 0.753. The lowest BCUT2D eigenvalue weighted by molar-refractivity contribution is -0.129. The summed E-state index contributed by atoms with van der Waals surface area (Å²) in [5.74, 6) is 0.173. The van der Waals surface area contributed by atoms with Crippen LogP contribution in [0.15, 0.2) is 24.3 Å². The maximum atomic E-state index is 12.1. The first-order valence-corrected chi connectivity index (χ1v) is 6.69. The monoisotopic (exact) mass is 248 g/mol. The largest absolute Gasteiger partial charge is 0.345 e. The summed E-state index contributed by atoms with van der Waals surface area (Å²) < 4.78 is 0. The van der Waals surface area contributed by atoms with Gasteiger partial charge in [-0.2, -0.15) is 0 Å². The number of carbonyl (C=O) groups excluding carboxylic acids is 1. The summed E-state index contributed by atoms with van der Waals surface area (Å²) in [7, 11) is 1.88. The summed E-state index contributed by atoms with van der Waals surface area (Å²) in [5.41, 5.74) is 7.79. The predicted octanol–water partition coefficient (Wildman–Crippen LogP) is 2.34. The molecule has 0 aliphatic heterocycles. The summed E-state index contributed by atoms with van der Waals surface area (Å²) in [5, 5.41) is 0. The summed E-state index contributed by atoms with van der Waals surface area (Å²) in [4.78, 5) is 13.9. The minimum Gasteiger partial charge on any atom is -0.345 e. The molecule has 0 heterocycles. The fourth-order valence-corrected chi connectivity index (χ4v) is 1.95. The normalized spacial score (nSPS) is 10.4. The number of unbranched alkanes of at least 4 members (excludes halogenated alkanes) is 2. The van der Waals surface area contributed by atoms with Gasteiger partial charge < -0.3 is 10.6 Å². The van der Waals surface area contributed by atoms with E-state index in [1.807, 2.05) is 36.2 Å². The first-order chi connectivity index (χ1) is 8.69. The van der Waals surface area contributed by atoms with Crippen molar-refractivity contribution in [2.75, 3.05) is 13.6 Å². The molecule has 0 bridgehead atoms. The third-order valence-corrected chi connectivity index (χ3v) is 3.20. The van der Waals surface area contributed by atoms with E-state index in [0.29, 0.717) is 13.0 Å². The lowest BCUT2D eigenvalue weighted by Gasteiger charge is -2.17. The second-order valence-electron chi connectivity index (χ2n) is 4.67. The standard InChI is InChI=1S/C15H24N2O/c1-3-4-7-10-17(2)15(18)11-13-8-5-6-9-14(13)12-16/h5-6,8-9H,3-4,7,10-12,16H2,1-2H3. The van der Waals surface area contributed by atoms with Crippen molar-refractivity contribution in [2.45, 2.75) is 39.2 Å². The van der Waals surface area contributed by atoms with Crippen LogP contribution >= 0.6 is 0 Å². The molecule has 1 rings (SSSR count). The highest BCUT2D eigenvalue weighted by Crippen LogP contribution is 2.10. The van der Waals surface area contributed by atoms with Crippen molar-refractivity contribution >= 4 is 5.91 Å². The van der Waals surface area contributed by atoms with Gasteiger partial charge in [-0.3, -0.25) is 4.79 Å². The molecule has 1 aromatic rings. The third kappa shape index (κ3) is 4.49. The molecule has 0 radical (unpaired) electrons. The number of hydrogen-bond donors (Lipinski definition) is 1. The highest BCUT2D eigenvalue weighted by atomic mass is 16.2. The minimum absolute atomic E-state index is 0.173. The summed E-state index contributed by atoms with van der Waals surface area (Å²) in [6, 6.07) is 7.89. The molecule has 0 aliphatic rings. The van der Waals surface area contributed by atoms with Gasteiger partial charge in [0.1, 0.15) is 0 Å². The molecular weight excluding hydrogens is 224 g/mol. The van der Waals surface area contributed by atoms with Crippen LogP contribution in [0.1, 0.15) is 37.3 Å². The van der Waals surface area contributed by atoms with E-state index in [1.165, 1.54) is 12.8 Å². The molecule has 100 valence electrons. The molecule has 0 spiro atoms. The van der Waals surface area contributed by atoms with E-state index in [2.05, 4.69) is 6.92 Å². The Bertz CT molecular complexity index is 377. The molecule has 3 heteroatoms. The van der Waals surface area contributed by atoms with Gasteiger partial charge in [-0.05, 0) is 17.5 Å². The van der Waals surface area contributed by atoms with E-state index in [-0.39, 0.29) is 5.91 Å². The Morgan fingerprint density at radius 3 is 2.50 bits per heavy atom. The van der Waals surface area contributed by atoms with Crippen molar-refractivity contribution in [3.63, 3.8) is 0 Å². The Kier molecular flexibility index (Phi) is 6.44. The van der Waals surface area contributed by atoms with Crippen LogP contribution in [0.5, 0.6) is 0 Å². The lowest BCUT2D eigenvalue weighted by atomic mass is 10.0. The van der Waals surface area contributed by atoms with Crippen LogP contribution < -0.4 is 5.73 Å². The molecule has 0 fully saturated rings. The van der Waals surface area contributed by atoms with Crippen molar-refractivity contribution in [1.29, 1.82) is 0 Å². The van der Waals surface area contributed by atoms with Gasteiger partial charge in [0.15, 0.2) is 0 Å². The van der Waals surface area contributed by atoms with Crippen LogP contribution in [0.4, 0.5) is 0 Å². The van der Waals surface area contributed by atoms with Crippen molar-refractivity contribution in [1.82, 2.24) is 4.90 Å². The molecule has 0 saturated heterocycles. The van der Waals surface area contributed by atoms with Crippen molar-refractivity contribution < 1.29 is 4.79 Å². The van der Waals surface area contributed by atoms with Gasteiger partial charge in [-0.1, -0.05) is 44.0 Å². The first-order valence-electron chi connectivity index (χ1n) is 6.69. The molecule has 0 aliphatic carbocycles. The number of nitrogens with two attached hydrogens (primary N) is 1. The van der Waals surface area contributed by atoms with Crippen molar-refractivity contribution in [3.8, 4) is 0 Å². The Balaban J connectivity index is 2.53. The van der Waals surface area contributed by atoms with Gasteiger partial charge in [0.25, 0.3) is 0 Å². The van der Waals surface area contributed by atoms with Crippen LogP contribution in [0, 0.1) is 0 Å². The average molecular weight is 248 g/mol. The zero-order chi connectivity index (χ0) is 13.4. The van der Waals surface area contributed by atoms with E-state index < -0.39 is 0 Å². The van der Waals surface area contributed by atoms with Crippen LogP contribution in [0.3, 0.4) is 0 Å². The Hall–Kier alpha value is -1.35. The van der Waals surface area contributed by atoms with Gasteiger partial charge in [0, 0.05) is 20.1 Å².